The highest BCUT2D eigenvalue weighted by Crippen LogP contribution is 2.33. The Morgan fingerprint density at radius 3 is 2.67 bits per heavy atom. The molecule has 3 rings (SSSR count). The zero-order valence-corrected chi connectivity index (χ0v) is 14.5. The van der Waals surface area contributed by atoms with Crippen LogP contribution in [0.15, 0.2) is 0 Å². The van der Waals surface area contributed by atoms with Crippen LogP contribution in [-0.2, 0) is 6.54 Å². The number of hydrogen-bond acceptors (Lipinski definition) is 4. The number of aromatic nitrogens is 2. The zero-order valence-electron chi connectivity index (χ0n) is 12.9. The van der Waals surface area contributed by atoms with Crippen LogP contribution in [0.1, 0.15) is 41.9 Å². The van der Waals surface area contributed by atoms with E-state index in [0.717, 1.165) is 35.0 Å². The molecule has 3 nitrogen and oxygen atoms in total. The molecule has 0 saturated heterocycles. The number of rotatable bonds is 4. The van der Waals surface area contributed by atoms with Gasteiger partial charge in [0, 0.05) is 11.4 Å². The summed E-state index contributed by atoms with van der Waals surface area (Å²) in [6.07, 6.45) is 5.52. The fourth-order valence-corrected chi connectivity index (χ4v) is 4.69. The lowest BCUT2D eigenvalue weighted by Crippen LogP contribution is -2.25. The molecule has 1 aliphatic rings. The Morgan fingerprint density at radius 2 is 1.95 bits per heavy atom. The van der Waals surface area contributed by atoms with Gasteiger partial charge in [-0.15, -0.1) is 11.3 Å². The Labute approximate surface area is 135 Å². The molecule has 5 heteroatoms. The topological polar surface area (TPSA) is 29.0 Å². The SMILES string of the molecule is Cc1sc2nc(CN(C)CC3CCCC3)nc(Cl)c2c1C. The smallest absolute Gasteiger partial charge is 0.145 e. The van der Waals surface area contributed by atoms with Gasteiger partial charge in [-0.2, -0.15) is 0 Å². The van der Waals surface area contributed by atoms with Gasteiger partial charge in [0.25, 0.3) is 0 Å². The van der Waals surface area contributed by atoms with Crippen molar-refractivity contribution in [1.29, 1.82) is 0 Å². The lowest BCUT2D eigenvalue weighted by atomic mass is 10.1. The Morgan fingerprint density at radius 1 is 1.24 bits per heavy atom. The number of hydrogen-bond donors (Lipinski definition) is 0. The monoisotopic (exact) mass is 323 g/mol. The van der Waals surface area contributed by atoms with Crippen molar-refractivity contribution in [3.05, 3.63) is 21.4 Å². The Kier molecular flexibility index (Phi) is 4.48. The summed E-state index contributed by atoms with van der Waals surface area (Å²) in [5.74, 6) is 1.69. The van der Waals surface area contributed by atoms with Crippen LogP contribution >= 0.6 is 22.9 Å². The predicted octanol–water partition coefficient (Wildman–Crippen LogP) is 4.58. The highest BCUT2D eigenvalue weighted by molar-refractivity contribution is 7.18. The van der Waals surface area contributed by atoms with Crippen LogP contribution in [0.2, 0.25) is 5.15 Å². The number of fused-ring (bicyclic) bond motifs is 1. The normalized spacial score (nSPS) is 16.4. The van der Waals surface area contributed by atoms with Gasteiger partial charge in [0.2, 0.25) is 0 Å². The first-order chi connectivity index (χ1) is 10.0. The summed E-state index contributed by atoms with van der Waals surface area (Å²) >= 11 is 8.08. The van der Waals surface area contributed by atoms with E-state index in [1.807, 2.05) is 0 Å². The van der Waals surface area contributed by atoms with Crippen molar-refractivity contribution in [1.82, 2.24) is 14.9 Å². The van der Waals surface area contributed by atoms with Crippen LogP contribution in [0.25, 0.3) is 10.2 Å². The Hall–Kier alpha value is -0.710. The molecule has 0 N–H and O–H groups in total. The summed E-state index contributed by atoms with van der Waals surface area (Å²) < 4.78 is 0. The van der Waals surface area contributed by atoms with Gasteiger partial charge in [-0.3, -0.25) is 4.90 Å². The highest BCUT2D eigenvalue weighted by atomic mass is 35.5. The van der Waals surface area contributed by atoms with E-state index in [0.29, 0.717) is 5.15 Å². The Balaban J connectivity index is 1.77. The molecule has 1 saturated carbocycles. The van der Waals surface area contributed by atoms with Gasteiger partial charge in [-0.1, -0.05) is 24.4 Å². The van der Waals surface area contributed by atoms with E-state index in [4.69, 9.17) is 16.6 Å². The quantitative estimate of drug-likeness (QED) is 0.771. The molecule has 2 aromatic heterocycles. The molecule has 0 aliphatic heterocycles. The molecule has 1 aliphatic carbocycles. The summed E-state index contributed by atoms with van der Waals surface area (Å²) in [7, 11) is 2.16. The molecular formula is C16H22ClN3S. The maximum atomic E-state index is 6.37. The van der Waals surface area contributed by atoms with E-state index in [2.05, 4.69) is 30.8 Å². The summed E-state index contributed by atoms with van der Waals surface area (Å²) in [6, 6.07) is 0. The third kappa shape index (κ3) is 3.22. The summed E-state index contributed by atoms with van der Waals surface area (Å²) in [5.41, 5.74) is 1.21. The summed E-state index contributed by atoms with van der Waals surface area (Å²) in [6.45, 7) is 6.13. The molecular weight excluding hydrogens is 302 g/mol. The molecule has 0 amide bonds. The molecule has 0 spiro atoms. The van der Waals surface area contributed by atoms with Gasteiger partial charge < -0.3 is 0 Å². The van der Waals surface area contributed by atoms with Gasteiger partial charge in [0.15, 0.2) is 0 Å². The number of halogens is 1. The van der Waals surface area contributed by atoms with E-state index in [9.17, 15) is 0 Å². The van der Waals surface area contributed by atoms with E-state index < -0.39 is 0 Å². The largest absolute Gasteiger partial charge is 0.299 e. The lowest BCUT2D eigenvalue weighted by molar-refractivity contribution is 0.266. The van der Waals surface area contributed by atoms with E-state index >= 15 is 0 Å². The minimum absolute atomic E-state index is 0.603. The second kappa shape index (κ2) is 6.19. The zero-order chi connectivity index (χ0) is 15.0. The van der Waals surface area contributed by atoms with Crippen LogP contribution in [0.4, 0.5) is 0 Å². The van der Waals surface area contributed by atoms with Crippen molar-refractivity contribution in [2.45, 2.75) is 46.1 Å². The second-order valence-electron chi connectivity index (χ2n) is 6.24. The van der Waals surface area contributed by atoms with E-state index in [1.54, 1.807) is 11.3 Å². The molecule has 114 valence electrons. The number of nitrogens with zero attached hydrogens (tertiary/aromatic N) is 3. The minimum Gasteiger partial charge on any atom is -0.299 e. The first kappa shape index (κ1) is 15.2. The van der Waals surface area contributed by atoms with Crippen LogP contribution in [0.5, 0.6) is 0 Å². The predicted molar refractivity (Wildman–Crippen MR) is 90.2 cm³/mol. The van der Waals surface area contributed by atoms with Crippen molar-refractivity contribution >= 4 is 33.2 Å². The van der Waals surface area contributed by atoms with Gasteiger partial charge >= 0.3 is 0 Å². The van der Waals surface area contributed by atoms with Crippen LogP contribution < -0.4 is 0 Å². The second-order valence-corrected chi connectivity index (χ2v) is 7.80. The molecule has 0 aromatic carbocycles. The van der Waals surface area contributed by atoms with Gasteiger partial charge in [-0.05, 0) is 45.2 Å². The summed E-state index contributed by atoms with van der Waals surface area (Å²) in [4.78, 5) is 13.9. The fourth-order valence-electron chi connectivity index (χ4n) is 3.25. The van der Waals surface area contributed by atoms with Crippen LogP contribution in [0, 0.1) is 19.8 Å². The molecule has 0 unspecified atom stereocenters. The van der Waals surface area contributed by atoms with Crippen molar-refractivity contribution in [3.8, 4) is 0 Å². The number of thiophene rings is 1. The van der Waals surface area contributed by atoms with Gasteiger partial charge in [0.05, 0.1) is 11.9 Å². The van der Waals surface area contributed by atoms with Crippen LogP contribution in [0.3, 0.4) is 0 Å². The third-order valence-corrected chi connectivity index (χ3v) is 5.86. The lowest BCUT2D eigenvalue weighted by Gasteiger charge is -2.19. The Bertz CT molecular complexity index is 646. The van der Waals surface area contributed by atoms with Crippen molar-refractivity contribution in [3.63, 3.8) is 0 Å². The molecule has 2 heterocycles. The molecule has 2 aromatic rings. The molecule has 0 bridgehead atoms. The van der Waals surface area contributed by atoms with E-state index in [-0.39, 0.29) is 0 Å². The van der Waals surface area contributed by atoms with Gasteiger partial charge in [0.1, 0.15) is 15.8 Å². The fraction of sp³-hybridized carbons (Fsp3) is 0.625. The maximum Gasteiger partial charge on any atom is 0.145 e. The molecule has 0 atom stereocenters. The average molecular weight is 324 g/mol. The van der Waals surface area contributed by atoms with Crippen molar-refractivity contribution < 1.29 is 0 Å². The first-order valence-electron chi connectivity index (χ1n) is 7.65. The molecule has 0 radical (unpaired) electrons. The van der Waals surface area contributed by atoms with Gasteiger partial charge in [-0.25, -0.2) is 9.97 Å². The standard InChI is InChI=1S/C16H22ClN3S/c1-10-11(2)21-16-14(10)15(17)18-13(19-16)9-20(3)8-12-6-4-5-7-12/h12H,4-9H2,1-3H3. The number of aryl methyl sites for hydroxylation is 2. The average Bonchev–Trinajstić information content (AvgIpc) is 2.99. The highest BCUT2D eigenvalue weighted by Gasteiger charge is 2.18. The van der Waals surface area contributed by atoms with Crippen molar-refractivity contribution in [2.75, 3.05) is 13.6 Å². The minimum atomic E-state index is 0.603. The van der Waals surface area contributed by atoms with Crippen LogP contribution in [-0.4, -0.2) is 28.5 Å². The van der Waals surface area contributed by atoms with E-state index in [1.165, 1.54) is 36.1 Å². The maximum absolute atomic E-state index is 6.37. The molecule has 1 fully saturated rings. The van der Waals surface area contributed by atoms with Crippen molar-refractivity contribution in [2.24, 2.45) is 5.92 Å². The first-order valence-corrected chi connectivity index (χ1v) is 8.84. The molecule has 21 heavy (non-hydrogen) atoms. The third-order valence-electron chi connectivity index (χ3n) is 4.49. The summed E-state index contributed by atoms with van der Waals surface area (Å²) in [5, 5.41) is 1.63.